The molecule has 0 radical (unpaired) electrons. The van der Waals surface area contributed by atoms with Gasteiger partial charge in [0.1, 0.15) is 0 Å². The Kier molecular flexibility index (Phi) is 5.00. The van der Waals surface area contributed by atoms with Crippen molar-refractivity contribution in [1.82, 2.24) is 20.1 Å². The van der Waals surface area contributed by atoms with E-state index in [-0.39, 0.29) is 23.8 Å². The summed E-state index contributed by atoms with van der Waals surface area (Å²) < 4.78 is 0. The standard InChI is InChI=1S/C21H26N4O/c1-22-21(26)20-18(16-7-3-2-4-8-16)14-25-12-11-24(15-19(20)25)13-17-9-5-6-10-23-17/h2-10,18-20H,11-15H2,1H3,(H,22,26)/t18-,19+,20-/m0/s1. The smallest absolute Gasteiger partial charge is 0.225 e. The van der Waals surface area contributed by atoms with Crippen LogP contribution in [-0.4, -0.2) is 60.0 Å². The lowest BCUT2D eigenvalue weighted by atomic mass is 9.84. The van der Waals surface area contributed by atoms with Gasteiger partial charge in [-0.05, 0) is 17.7 Å². The molecule has 2 aliphatic heterocycles. The van der Waals surface area contributed by atoms with Crippen molar-refractivity contribution in [3.05, 3.63) is 66.0 Å². The molecular weight excluding hydrogens is 324 g/mol. The first-order valence-corrected chi connectivity index (χ1v) is 9.39. The molecule has 0 bridgehead atoms. The van der Waals surface area contributed by atoms with Gasteiger partial charge in [0.15, 0.2) is 0 Å². The second-order valence-electron chi connectivity index (χ2n) is 7.28. The number of aromatic nitrogens is 1. The summed E-state index contributed by atoms with van der Waals surface area (Å²) >= 11 is 0. The highest BCUT2D eigenvalue weighted by Gasteiger charge is 2.47. The van der Waals surface area contributed by atoms with Gasteiger partial charge < -0.3 is 5.32 Å². The molecule has 3 atom stereocenters. The van der Waals surface area contributed by atoms with Gasteiger partial charge in [0.05, 0.1) is 11.6 Å². The molecule has 0 spiro atoms. The van der Waals surface area contributed by atoms with Crippen molar-refractivity contribution in [2.24, 2.45) is 5.92 Å². The summed E-state index contributed by atoms with van der Waals surface area (Å²) in [6.07, 6.45) is 1.85. The number of fused-ring (bicyclic) bond motifs is 1. The van der Waals surface area contributed by atoms with Crippen LogP contribution in [0.1, 0.15) is 17.2 Å². The van der Waals surface area contributed by atoms with Gasteiger partial charge in [-0.25, -0.2) is 0 Å². The summed E-state index contributed by atoms with van der Waals surface area (Å²) in [5, 5.41) is 2.91. The molecule has 3 heterocycles. The van der Waals surface area contributed by atoms with Crippen LogP contribution in [0.15, 0.2) is 54.7 Å². The molecule has 1 aromatic carbocycles. The number of carbonyl (C=O) groups is 1. The maximum atomic E-state index is 12.7. The minimum atomic E-state index is -0.00562. The molecule has 1 aromatic heterocycles. The van der Waals surface area contributed by atoms with E-state index in [2.05, 4.69) is 50.4 Å². The van der Waals surface area contributed by atoms with Crippen LogP contribution in [0.3, 0.4) is 0 Å². The maximum absolute atomic E-state index is 12.7. The van der Waals surface area contributed by atoms with E-state index in [1.54, 1.807) is 7.05 Å². The normalized spacial score (nSPS) is 26.4. The van der Waals surface area contributed by atoms with Crippen LogP contribution < -0.4 is 5.32 Å². The van der Waals surface area contributed by atoms with Crippen molar-refractivity contribution in [1.29, 1.82) is 0 Å². The molecule has 2 fully saturated rings. The van der Waals surface area contributed by atoms with Crippen molar-refractivity contribution in [3.63, 3.8) is 0 Å². The number of nitrogens with zero attached hydrogens (tertiary/aromatic N) is 3. The average Bonchev–Trinajstić information content (AvgIpc) is 3.08. The number of hydrogen-bond donors (Lipinski definition) is 1. The van der Waals surface area contributed by atoms with Crippen LogP contribution in [0.4, 0.5) is 0 Å². The SMILES string of the molecule is CNC(=O)[C@@H]1[C@H]2CN(Cc3ccccn3)CCN2C[C@H]1c1ccccc1. The molecule has 0 unspecified atom stereocenters. The lowest BCUT2D eigenvalue weighted by molar-refractivity contribution is -0.126. The van der Waals surface area contributed by atoms with E-state index in [9.17, 15) is 4.79 Å². The summed E-state index contributed by atoms with van der Waals surface area (Å²) in [7, 11) is 1.75. The molecule has 26 heavy (non-hydrogen) atoms. The van der Waals surface area contributed by atoms with Crippen LogP contribution in [0.2, 0.25) is 0 Å². The largest absolute Gasteiger partial charge is 0.359 e. The summed E-state index contributed by atoms with van der Waals surface area (Å²) in [6, 6.07) is 16.8. The minimum absolute atomic E-state index is 0.00562. The highest BCUT2D eigenvalue weighted by molar-refractivity contribution is 5.80. The van der Waals surface area contributed by atoms with Gasteiger partial charge in [0, 0.05) is 57.9 Å². The van der Waals surface area contributed by atoms with Crippen molar-refractivity contribution in [3.8, 4) is 0 Å². The Morgan fingerprint density at radius 2 is 1.92 bits per heavy atom. The highest BCUT2D eigenvalue weighted by atomic mass is 16.1. The molecule has 2 saturated heterocycles. The predicted octanol–water partition coefficient (Wildman–Crippen LogP) is 1.73. The first-order valence-electron chi connectivity index (χ1n) is 9.39. The Morgan fingerprint density at radius 1 is 1.12 bits per heavy atom. The van der Waals surface area contributed by atoms with E-state index >= 15 is 0 Å². The van der Waals surface area contributed by atoms with Crippen molar-refractivity contribution < 1.29 is 4.79 Å². The fourth-order valence-corrected chi connectivity index (χ4v) is 4.51. The topological polar surface area (TPSA) is 48.5 Å². The molecular formula is C21H26N4O. The summed E-state index contributed by atoms with van der Waals surface area (Å²) in [6.45, 7) is 4.76. The van der Waals surface area contributed by atoms with Crippen molar-refractivity contribution in [2.45, 2.75) is 18.5 Å². The predicted molar refractivity (Wildman–Crippen MR) is 102 cm³/mol. The van der Waals surface area contributed by atoms with Crippen LogP contribution >= 0.6 is 0 Å². The first kappa shape index (κ1) is 17.2. The second-order valence-corrected chi connectivity index (χ2v) is 7.28. The minimum Gasteiger partial charge on any atom is -0.359 e. The number of amides is 1. The Hall–Kier alpha value is -2.24. The Balaban J connectivity index is 1.54. The van der Waals surface area contributed by atoms with E-state index in [1.165, 1.54) is 5.56 Å². The maximum Gasteiger partial charge on any atom is 0.225 e. The molecule has 2 aliphatic rings. The summed E-state index contributed by atoms with van der Waals surface area (Å²) in [4.78, 5) is 22.1. The van der Waals surface area contributed by atoms with Gasteiger partial charge in [-0.2, -0.15) is 0 Å². The lowest BCUT2D eigenvalue weighted by Gasteiger charge is -2.39. The van der Waals surface area contributed by atoms with Gasteiger partial charge in [0.2, 0.25) is 5.91 Å². The third-order valence-corrected chi connectivity index (χ3v) is 5.79. The molecule has 5 nitrogen and oxygen atoms in total. The Morgan fingerprint density at radius 3 is 2.65 bits per heavy atom. The first-order chi connectivity index (χ1) is 12.8. The van der Waals surface area contributed by atoms with Gasteiger partial charge in [-0.3, -0.25) is 19.6 Å². The van der Waals surface area contributed by atoms with E-state index in [0.717, 1.165) is 38.4 Å². The number of piperazine rings is 1. The zero-order valence-electron chi connectivity index (χ0n) is 15.2. The molecule has 5 heteroatoms. The van der Waals surface area contributed by atoms with Crippen molar-refractivity contribution in [2.75, 3.05) is 33.2 Å². The highest BCUT2D eigenvalue weighted by Crippen LogP contribution is 2.39. The van der Waals surface area contributed by atoms with Gasteiger partial charge >= 0.3 is 0 Å². The summed E-state index contributed by atoms with van der Waals surface area (Å²) in [5.41, 5.74) is 2.36. The lowest BCUT2D eigenvalue weighted by Crippen LogP contribution is -2.53. The number of hydrogen-bond acceptors (Lipinski definition) is 4. The fourth-order valence-electron chi connectivity index (χ4n) is 4.51. The van der Waals surface area contributed by atoms with Crippen LogP contribution in [-0.2, 0) is 11.3 Å². The third-order valence-electron chi connectivity index (χ3n) is 5.79. The molecule has 4 rings (SSSR count). The van der Waals surface area contributed by atoms with E-state index in [4.69, 9.17) is 0 Å². The van der Waals surface area contributed by atoms with E-state index in [0.29, 0.717) is 0 Å². The van der Waals surface area contributed by atoms with Gasteiger partial charge in [-0.15, -0.1) is 0 Å². The number of benzene rings is 1. The Labute approximate surface area is 155 Å². The van der Waals surface area contributed by atoms with Gasteiger partial charge in [-0.1, -0.05) is 36.4 Å². The molecule has 0 aliphatic carbocycles. The zero-order chi connectivity index (χ0) is 17.9. The molecule has 0 saturated carbocycles. The average molecular weight is 350 g/mol. The molecule has 1 N–H and O–H groups in total. The quantitative estimate of drug-likeness (QED) is 0.912. The summed E-state index contributed by atoms with van der Waals surface area (Å²) in [5.74, 6) is 0.413. The van der Waals surface area contributed by atoms with Crippen LogP contribution in [0, 0.1) is 5.92 Å². The van der Waals surface area contributed by atoms with Crippen LogP contribution in [0.5, 0.6) is 0 Å². The van der Waals surface area contributed by atoms with E-state index < -0.39 is 0 Å². The van der Waals surface area contributed by atoms with Crippen molar-refractivity contribution >= 4 is 5.91 Å². The Bertz CT molecular complexity index is 736. The second kappa shape index (κ2) is 7.56. The monoisotopic (exact) mass is 350 g/mol. The fraction of sp³-hybridized carbons (Fsp3) is 0.429. The number of nitrogens with one attached hydrogen (secondary N) is 1. The van der Waals surface area contributed by atoms with Crippen LogP contribution in [0.25, 0.3) is 0 Å². The molecule has 1 amide bonds. The number of rotatable bonds is 4. The molecule has 136 valence electrons. The third kappa shape index (κ3) is 3.37. The number of pyridine rings is 1. The van der Waals surface area contributed by atoms with E-state index in [1.807, 2.05) is 24.4 Å². The zero-order valence-corrected chi connectivity index (χ0v) is 15.2. The van der Waals surface area contributed by atoms with Gasteiger partial charge in [0.25, 0.3) is 0 Å². The molecule has 2 aromatic rings. The number of carbonyl (C=O) groups excluding carboxylic acids is 1.